The van der Waals surface area contributed by atoms with Crippen molar-refractivity contribution in [3.8, 4) is 0 Å². The van der Waals surface area contributed by atoms with Gasteiger partial charge in [0.15, 0.2) is 0 Å². The van der Waals surface area contributed by atoms with Gasteiger partial charge in [-0.1, -0.05) is 18.2 Å². The van der Waals surface area contributed by atoms with E-state index in [2.05, 4.69) is 4.98 Å². The monoisotopic (exact) mass is 272 g/mol. The van der Waals surface area contributed by atoms with Gasteiger partial charge in [-0.3, -0.25) is 9.78 Å². The lowest BCUT2D eigenvalue weighted by Gasteiger charge is -2.32. The van der Waals surface area contributed by atoms with Crippen molar-refractivity contribution < 1.29 is 14.6 Å². The van der Waals surface area contributed by atoms with E-state index in [4.69, 9.17) is 9.84 Å². The summed E-state index contributed by atoms with van der Waals surface area (Å²) in [6.07, 6.45) is 1.36. The van der Waals surface area contributed by atoms with Gasteiger partial charge in [-0.2, -0.15) is 0 Å². The number of carbonyl (C=O) groups excluding carboxylic acids is 1. The van der Waals surface area contributed by atoms with Gasteiger partial charge in [0, 0.05) is 24.7 Å². The highest BCUT2D eigenvalue weighted by Crippen LogP contribution is 2.19. The number of carbonyl (C=O) groups is 1. The van der Waals surface area contributed by atoms with Crippen LogP contribution in [0.1, 0.15) is 10.4 Å². The van der Waals surface area contributed by atoms with Crippen molar-refractivity contribution in [2.24, 2.45) is 0 Å². The van der Waals surface area contributed by atoms with E-state index >= 15 is 0 Å². The van der Waals surface area contributed by atoms with E-state index < -0.39 is 0 Å². The largest absolute Gasteiger partial charge is 0.394 e. The molecule has 0 aliphatic carbocycles. The Morgan fingerprint density at radius 3 is 3.10 bits per heavy atom. The Labute approximate surface area is 116 Å². The number of aromatic nitrogens is 1. The van der Waals surface area contributed by atoms with Crippen LogP contribution >= 0.6 is 0 Å². The Kier molecular flexibility index (Phi) is 3.62. The Morgan fingerprint density at radius 1 is 1.40 bits per heavy atom. The third kappa shape index (κ3) is 2.37. The first-order valence-corrected chi connectivity index (χ1v) is 6.65. The summed E-state index contributed by atoms with van der Waals surface area (Å²) in [7, 11) is 0. The zero-order chi connectivity index (χ0) is 13.9. The third-order valence-electron chi connectivity index (χ3n) is 3.51. The van der Waals surface area contributed by atoms with Crippen molar-refractivity contribution >= 4 is 16.8 Å². The molecule has 0 bridgehead atoms. The molecule has 3 rings (SSSR count). The fraction of sp³-hybridized carbons (Fsp3) is 0.333. The van der Waals surface area contributed by atoms with Crippen molar-refractivity contribution in [2.75, 3.05) is 26.3 Å². The Morgan fingerprint density at radius 2 is 2.25 bits per heavy atom. The van der Waals surface area contributed by atoms with E-state index in [0.29, 0.717) is 25.3 Å². The number of morpholine rings is 1. The van der Waals surface area contributed by atoms with Gasteiger partial charge in [-0.05, 0) is 12.1 Å². The van der Waals surface area contributed by atoms with Gasteiger partial charge in [-0.25, -0.2) is 0 Å². The lowest BCUT2D eigenvalue weighted by molar-refractivity contribution is -0.0446. The van der Waals surface area contributed by atoms with Gasteiger partial charge in [0.1, 0.15) is 0 Å². The highest BCUT2D eigenvalue weighted by molar-refractivity contribution is 6.06. The Hall–Kier alpha value is -1.98. The highest BCUT2D eigenvalue weighted by Gasteiger charge is 2.25. The van der Waals surface area contributed by atoms with Gasteiger partial charge >= 0.3 is 0 Å². The lowest BCUT2D eigenvalue weighted by Crippen LogP contribution is -2.46. The molecule has 2 aromatic rings. The predicted molar refractivity (Wildman–Crippen MR) is 74.5 cm³/mol. The van der Waals surface area contributed by atoms with Crippen molar-refractivity contribution in [2.45, 2.75) is 6.10 Å². The van der Waals surface area contributed by atoms with Gasteiger partial charge in [0.05, 0.1) is 30.4 Å². The number of amides is 1. The summed E-state index contributed by atoms with van der Waals surface area (Å²) in [5, 5.41) is 10.0. The molecule has 1 aromatic heterocycles. The second kappa shape index (κ2) is 5.56. The maximum absolute atomic E-state index is 12.6. The normalized spacial score (nSPS) is 19.2. The average molecular weight is 272 g/mol. The van der Waals surface area contributed by atoms with Crippen LogP contribution in [0.15, 0.2) is 36.5 Å². The molecule has 104 valence electrons. The highest BCUT2D eigenvalue weighted by atomic mass is 16.5. The molecular formula is C15H16N2O3. The van der Waals surface area contributed by atoms with Crippen LogP contribution in [-0.2, 0) is 4.74 Å². The second-order valence-electron chi connectivity index (χ2n) is 4.80. The van der Waals surface area contributed by atoms with Crippen LogP contribution in [0.4, 0.5) is 0 Å². The van der Waals surface area contributed by atoms with Crippen molar-refractivity contribution in [3.63, 3.8) is 0 Å². The van der Waals surface area contributed by atoms with Gasteiger partial charge < -0.3 is 14.7 Å². The fourth-order valence-corrected chi connectivity index (χ4v) is 2.47. The molecule has 1 fully saturated rings. The number of fused-ring (bicyclic) bond motifs is 1. The molecule has 1 aliphatic rings. The Bertz CT molecular complexity index is 624. The molecule has 1 aromatic carbocycles. The van der Waals surface area contributed by atoms with Crippen LogP contribution in [0.5, 0.6) is 0 Å². The SMILES string of the molecule is O=C(c1ccnc2ccccc12)N1CCOC(CO)C1. The summed E-state index contributed by atoms with van der Waals surface area (Å²) in [5.74, 6) is -0.0367. The molecule has 0 radical (unpaired) electrons. The van der Waals surface area contributed by atoms with Gasteiger partial charge in [-0.15, -0.1) is 0 Å². The summed E-state index contributed by atoms with van der Waals surface area (Å²) in [5.41, 5.74) is 1.46. The van der Waals surface area contributed by atoms with Crippen LogP contribution in [-0.4, -0.2) is 53.3 Å². The number of benzene rings is 1. The maximum Gasteiger partial charge on any atom is 0.254 e. The van der Waals surface area contributed by atoms with Crippen LogP contribution < -0.4 is 0 Å². The number of rotatable bonds is 2. The van der Waals surface area contributed by atoms with E-state index in [1.54, 1.807) is 17.2 Å². The molecule has 5 nitrogen and oxygen atoms in total. The first kappa shape index (κ1) is 13.0. The summed E-state index contributed by atoms with van der Waals surface area (Å²) in [6.45, 7) is 1.36. The zero-order valence-corrected chi connectivity index (χ0v) is 11.0. The van der Waals surface area contributed by atoms with E-state index in [1.165, 1.54) is 0 Å². The van der Waals surface area contributed by atoms with Crippen molar-refractivity contribution in [1.82, 2.24) is 9.88 Å². The van der Waals surface area contributed by atoms with Crippen molar-refractivity contribution in [3.05, 3.63) is 42.1 Å². The summed E-state index contributed by atoms with van der Waals surface area (Å²) < 4.78 is 5.37. The quantitative estimate of drug-likeness (QED) is 0.888. The molecule has 1 saturated heterocycles. The Balaban J connectivity index is 1.92. The van der Waals surface area contributed by atoms with Crippen LogP contribution in [0.2, 0.25) is 0 Å². The van der Waals surface area contributed by atoms with Crippen molar-refractivity contribution in [1.29, 1.82) is 0 Å². The second-order valence-corrected chi connectivity index (χ2v) is 4.80. The number of aliphatic hydroxyl groups excluding tert-OH is 1. The average Bonchev–Trinajstić information content (AvgIpc) is 2.53. The summed E-state index contributed by atoms with van der Waals surface area (Å²) >= 11 is 0. The number of para-hydroxylation sites is 1. The lowest BCUT2D eigenvalue weighted by atomic mass is 10.1. The number of hydrogen-bond acceptors (Lipinski definition) is 4. The molecule has 20 heavy (non-hydrogen) atoms. The number of pyridine rings is 1. The standard InChI is InChI=1S/C15H16N2O3/c18-10-11-9-17(7-8-20-11)15(19)13-5-6-16-14-4-2-1-3-12(13)14/h1-6,11,18H,7-10H2. The maximum atomic E-state index is 12.6. The smallest absolute Gasteiger partial charge is 0.254 e. The first-order valence-electron chi connectivity index (χ1n) is 6.65. The predicted octanol–water partition coefficient (Wildman–Crippen LogP) is 1.07. The third-order valence-corrected chi connectivity index (χ3v) is 3.51. The van der Waals surface area contributed by atoms with Crippen LogP contribution in [0.25, 0.3) is 10.9 Å². The molecule has 1 unspecified atom stereocenters. The molecule has 1 atom stereocenters. The number of aliphatic hydroxyl groups is 1. The number of ether oxygens (including phenoxy) is 1. The van der Waals surface area contributed by atoms with E-state index in [0.717, 1.165) is 10.9 Å². The molecule has 0 saturated carbocycles. The minimum atomic E-state index is -0.291. The van der Waals surface area contributed by atoms with Gasteiger partial charge in [0.2, 0.25) is 0 Å². The minimum Gasteiger partial charge on any atom is -0.394 e. The molecule has 1 N–H and O–H groups in total. The topological polar surface area (TPSA) is 62.7 Å². The fourth-order valence-electron chi connectivity index (χ4n) is 2.47. The molecule has 5 heteroatoms. The first-order chi connectivity index (χ1) is 9.79. The zero-order valence-electron chi connectivity index (χ0n) is 11.0. The summed E-state index contributed by atoms with van der Waals surface area (Å²) in [6, 6.07) is 9.34. The number of hydrogen-bond donors (Lipinski definition) is 1. The molecule has 1 aliphatic heterocycles. The summed E-state index contributed by atoms with van der Waals surface area (Å²) in [4.78, 5) is 18.6. The number of nitrogens with zero attached hydrogens (tertiary/aromatic N) is 2. The molecule has 0 spiro atoms. The van der Waals surface area contributed by atoms with Gasteiger partial charge in [0.25, 0.3) is 5.91 Å². The molecule has 2 heterocycles. The molecular weight excluding hydrogens is 256 g/mol. The van der Waals surface area contributed by atoms with Crippen LogP contribution in [0.3, 0.4) is 0 Å². The molecule has 1 amide bonds. The van der Waals surface area contributed by atoms with E-state index in [1.807, 2.05) is 24.3 Å². The van der Waals surface area contributed by atoms with E-state index in [-0.39, 0.29) is 18.6 Å². The van der Waals surface area contributed by atoms with Crippen LogP contribution in [0, 0.1) is 0 Å². The minimum absolute atomic E-state index is 0.0367. The van der Waals surface area contributed by atoms with E-state index in [9.17, 15) is 4.79 Å².